The molecule has 454 valence electrons. The van der Waals surface area contributed by atoms with Crippen LogP contribution in [0.25, 0.3) is 0 Å². The van der Waals surface area contributed by atoms with Crippen molar-refractivity contribution in [2.75, 3.05) is 52.7 Å². The fraction of sp³-hybridized carbons (Fsp3) is 0.931. The fourth-order valence-electron chi connectivity index (χ4n) is 10.4. The van der Waals surface area contributed by atoms with Crippen molar-refractivity contribution in [3.05, 3.63) is 0 Å². The van der Waals surface area contributed by atoms with Gasteiger partial charge in [-0.3, -0.25) is 19.2 Å². The Hall–Kier alpha value is -2.28. The Labute approximate surface area is 466 Å². The van der Waals surface area contributed by atoms with Crippen molar-refractivity contribution in [1.82, 2.24) is 0 Å². The predicted molar refractivity (Wildman–Crippen MR) is 290 cm³/mol. The maximum atomic E-state index is 12.4. The van der Waals surface area contributed by atoms with Crippen LogP contribution in [0, 0.1) is 0 Å². The van der Waals surface area contributed by atoms with Crippen molar-refractivity contribution in [2.45, 2.75) is 295 Å². The largest absolute Gasteiger partial charge is 0.466 e. The monoisotopic (exact) mass is 1120 g/mol. The van der Waals surface area contributed by atoms with Crippen LogP contribution in [-0.2, 0) is 85.5 Å². The maximum Gasteiger partial charge on any atom is 0.305 e. The zero-order valence-electron chi connectivity index (χ0n) is 49.9. The summed E-state index contributed by atoms with van der Waals surface area (Å²) in [6, 6.07) is 0. The zero-order chi connectivity index (χ0) is 57.6. The Morgan fingerprint density at radius 3 is 1.03 bits per heavy atom. The highest BCUT2D eigenvalue weighted by Gasteiger charge is 2.58. The number of esters is 2. The molecule has 0 aromatic heterocycles. The minimum Gasteiger partial charge on any atom is -0.466 e. The second kappa shape index (κ2) is 32.5. The first kappa shape index (κ1) is 68.2. The molecular weight excluding hydrogens is 1010 g/mol. The number of unbranched alkanes of at least 4 members (excludes halogenated alkanes) is 8. The van der Waals surface area contributed by atoms with Crippen LogP contribution in [0.3, 0.4) is 0 Å². The zero-order valence-corrected chi connectivity index (χ0v) is 49.9. The summed E-state index contributed by atoms with van der Waals surface area (Å²) < 4.78 is 83.8. The Morgan fingerprint density at radius 1 is 0.397 bits per heavy atom. The molecule has 0 aromatic carbocycles. The van der Waals surface area contributed by atoms with E-state index in [1.54, 1.807) is 13.8 Å². The third-order valence-electron chi connectivity index (χ3n) is 14.9. The molecule has 6 aliphatic rings. The van der Waals surface area contributed by atoms with E-state index in [-0.39, 0.29) is 48.6 Å². The highest BCUT2D eigenvalue weighted by molar-refractivity contribution is 5.78. The first-order valence-corrected chi connectivity index (χ1v) is 29.6. The van der Waals surface area contributed by atoms with Gasteiger partial charge in [0.25, 0.3) is 0 Å². The number of hydrogen-bond donors (Lipinski definition) is 2. The second-order valence-corrected chi connectivity index (χ2v) is 23.1. The SMILES string of the molecule is CCCCCCCCC(=O)CCC1(C)OCC(C2OC(C)(C)OC2C2COC(C)(CCC(=O)CC)O2)O1.CCOC(=O)CCC1(C)OCC(C2OC(C)(C)OC2C2COC(C)(CCC(=O)OCC)O2)O1.NCCCCCCN. The molecule has 0 spiro atoms. The van der Waals surface area contributed by atoms with E-state index in [0.717, 1.165) is 38.8 Å². The van der Waals surface area contributed by atoms with Crippen molar-refractivity contribution in [3.8, 4) is 0 Å². The van der Waals surface area contributed by atoms with Crippen LogP contribution >= 0.6 is 0 Å². The third kappa shape index (κ3) is 22.8. The summed E-state index contributed by atoms with van der Waals surface area (Å²) in [5, 5.41) is 0. The molecule has 0 aliphatic carbocycles. The van der Waals surface area contributed by atoms with Gasteiger partial charge in [-0.15, -0.1) is 0 Å². The summed E-state index contributed by atoms with van der Waals surface area (Å²) in [7, 11) is 0. The Kier molecular flexibility index (Phi) is 28.5. The van der Waals surface area contributed by atoms with Gasteiger partial charge in [0.1, 0.15) is 60.4 Å². The Balaban J connectivity index is 0.000000296. The predicted octanol–water partition coefficient (Wildman–Crippen LogP) is 8.55. The van der Waals surface area contributed by atoms with Crippen LogP contribution in [0.15, 0.2) is 0 Å². The molecule has 20 heteroatoms. The number of ketones is 2. The quantitative estimate of drug-likeness (QED) is 0.0487. The summed E-state index contributed by atoms with van der Waals surface area (Å²) in [4.78, 5) is 47.7. The standard InChI is InChI=1S/C29H50O8.C23H38O10.C6H16N2/c1-7-9-10-11-12-13-14-22(31)16-18-29(6)33-20-24(35-29)26-25(36-27(3,4)37-26)23-19-32-28(5,34-23)17-15-21(30)8-2;1-7-26-17(24)9-11-22(5)28-13-15(30-22)19-20(33-21(3,4)32-19)16-14-29-23(6,31-16)12-10-18(25)27-8-2;7-5-3-1-2-4-6-8/h23-26H,7-20H2,1-6H3;15-16,19-20H,7-14H2,1-6H3;1-8H2. The number of Topliss-reactive ketones (excluding diaryl/α,β-unsaturated/α-hetero) is 2. The number of rotatable bonds is 31. The maximum absolute atomic E-state index is 12.4. The average Bonchev–Trinajstić information content (AvgIpc) is 4.27. The molecule has 0 bridgehead atoms. The van der Waals surface area contributed by atoms with Crippen LogP contribution < -0.4 is 11.5 Å². The van der Waals surface area contributed by atoms with Crippen molar-refractivity contribution < 1.29 is 85.5 Å². The van der Waals surface area contributed by atoms with Gasteiger partial charge in [-0.25, -0.2) is 0 Å². The van der Waals surface area contributed by atoms with E-state index < -0.39 is 71.3 Å². The lowest BCUT2D eigenvalue weighted by atomic mass is 10.0. The van der Waals surface area contributed by atoms with Gasteiger partial charge in [0.15, 0.2) is 34.7 Å². The highest BCUT2D eigenvalue weighted by Crippen LogP contribution is 2.44. The molecule has 0 aromatic rings. The van der Waals surface area contributed by atoms with Gasteiger partial charge in [0, 0.05) is 51.4 Å². The lowest BCUT2D eigenvalue weighted by Gasteiger charge is -2.29. The molecule has 6 heterocycles. The molecule has 20 nitrogen and oxygen atoms in total. The molecule has 78 heavy (non-hydrogen) atoms. The first-order valence-electron chi connectivity index (χ1n) is 29.6. The molecule has 6 rings (SSSR count). The molecule has 12 atom stereocenters. The average molecular weight is 1120 g/mol. The molecule has 6 saturated heterocycles. The number of nitrogens with two attached hydrogens (primary N) is 2. The van der Waals surface area contributed by atoms with E-state index in [1.165, 1.54) is 38.5 Å². The second-order valence-electron chi connectivity index (χ2n) is 23.1. The van der Waals surface area contributed by atoms with Crippen LogP contribution in [0.2, 0.25) is 0 Å². The molecule has 6 aliphatic heterocycles. The van der Waals surface area contributed by atoms with E-state index in [4.69, 9.17) is 77.8 Å². The van der Waals surface area contributed by atoms with Crippen LogP contribution in [0.4, 0.5) is 0 Å². The molecule has 6 fully saturated rings. The number of carbonyl (C=O) groups is 4. The highest BCUT2D eigenvalue weighted by atomic mass is 16.8. The molecule has 0 amide bonds. The van der Waals surface area contributed by atoms with Gasteiger partial charge in [-0.2, -0.15) is 0 Å². The summed E-state index contributed by atoms with van der Waals surface area (Å²) in [6.07, 6.45) is 12.8. The van der Waals surface area contributed by atoms with Gasteiger partial charge in [0.2, 0.25) is 0 Å². The van der Waals surface area contributed by atoms with Gasteiger partial charge >= 0.3 is 11.9 Å². The van der Waals surface area contributed by atoms with E-state index in [0.29, 0.717) is 91.0 Å². The number of carbonyl (C=O) groups excluding carboxylic acids is 4. The van der Waals surface area contributed by atoms with Gasteiger partial charge < -0.3 is 77.8 Å². The topological polar surface area (TPSA) is 250 Å². The van der Waals surface area contributed by atoms with Crippen LogP contribution in [-0.4, -0.2) is 160 Å². The molecule has 0 saturated carbocycles. The summed E-state index contributed by atoms with van der Waals surface area (Å²) in [5.41, 5.74) is 10.6. The van der Waals surface area contributed by atoms with Gasteiger partial charge in [-0.05, 0) is 102 Å². The lowest BCUT2D eigenvalue weighted by Crippen LogP contribution is -2.45. The molecule has 4 N–H and O–H groups in total. The molecule has 12 unspecified atom stereocenters. The van der Waals surface area contributed by atoms with E-state index in [1.807, 2.05) is 62.3 Å². The smallest absolute Gasteiger partial charge is 0.305 e. The normalized spacial score (nSPS) is 33.8. The summed E-state index contributed by atoms with van der Waals surface area (Å²) in [5.74, 6) is -5.24. The Bertz CT molecular complexity index is 1750. The fourth-order valence-corrected chi connectivity index (χ4v) is 10.4. The first-order chi connectivity index (χ1) is 36.9. The van der Waals surface area contributed by atoms with E-state index in [9.17, 15) is 19.2 Å². The van der Waals surface area contributed by atoms with E-state index >= 15 is 0 Å². The lowest BCUT2D eigenvalue weighted by molar-refractivity contribution is -0.187. The minimum absolute atomic E-state index is 0.192. The summed E-state index contributed by atoms with van der Waals surface area (Å²) >= 11 is 0. The van der Waals surface area contributed by atoms with Crippen molar-refractivity contribution in [2.24, 2.45) is 11.5 Å². The van der Waals surface area contributed by atoms with Crippen molar-refractivity contribution in [3.63, 3.8) is 0 Å². The summed E-state index contributed by atoms with van der Waals surface area (Å²) in [6.45, 7) is 26.1. The molecular formula is C58H104N2O18. The van der Waals surface area contributed by atoms with E-state index in [2.05, 4.69) is 6.92 Å². The van der Waals surface area contributed by atoms with Gasteiger partial charge in [0.05, 0.1) is 52.5 Å². The third-order valence-corrected chi connectivity index (χ3v) is 14.9. The molecule has 0 radical (unpaired) electrons. The van der Waals surface area contributed by atoms with Crippen LogP contribution in [0.5, 0.6) is 0 Å². The Morgan fingerprint density at radius 2 is 0.705 bits per heavy atom. The number of hydrogen-bond acceptors (Lipinski definition) is 20. The van der Waals surface area contributed by atoms with Crippen LogP contribution in [0.1, 0.15) is 212 Å². The van der Waals surface area contributed by atoms with Crippen molar-refractivity contribution >= 4 is 23.5 Å². The van der Waals surface area contributed by atoms with Gasteiger partial charge in [-0.1, -0.05) is 58.8 Å². The van der Waals surface area contributed by atoms with Crippen molar-refractivity contribution in [1.29, 1.82) is 0 Å². The minimum atomic E-state index is -0.917. The number of ether oxygens (including phenoxy) is 14.